The molecule has 0 bridgehead atoms. The van der Waals surface area contributed by atoms with Crippen LogP contribution < -0.4 is 5.32 Å². The molecule has 20 heavy (non-hydrogen) atoms. The number of carbonyl (C=O) groups is 1. The largest absolute Gasteiger partial charge is 0.508 e. The first-order valence-corrected chi connectivity index (χ1v) is 7.45. The molecule has 1 unspecified atom stereocenters. The third-order valence-corrected chi connectivity index (χ3v) is 5.16. The lowest BCUT2D eigenvalue weighted by Crippen LogP contribution is -2.59. The maximum absolute atomic E-state index is 12.3. The number of hydrogen-bond donors (Lipinski definition) is 2. The van der Waals surface area contributed by atoms with E-state index in [2.05, 4.69) is 5.32 Å². The van der Waals surface area contributed by atoms with Crippen LogP contribution in [0.5, 0.6) is 5.75 Å². The van der Waals surface area contributed by atoms with Crippen molar-refractivity contribution in [3.05, 3.63) is 27.7 Å². The number of aromatic hydroxyl groups is 1. The van der Waals surface area contributed by atoms with Gasteiger partial charge in [0.05, 0.1) is 16.1 Å². The normalized spacial score (nSPS) is 26.9. The molecule has 108 valence electrons. The number of phenols is 1. The lowest BCUT2D eigenvalue weighted by Gasteiger charge is -2.39. The van der Waals surface area contributed by atoms with Gasteiger partial charge in [-0.2, -0.15) is 0 Å². The maximum atomic E-state index is 12.3. The number of amides is 1. The summed E-state index contributed by atoms with van der Waals surface area (Å²) in [4.78, 5) is 14.2. The van der Waals surface area contributed by atoms with E-state index < -0.39 is 0 Å². The lowest BCUT2D eigenvalue weighted by molar-refractivity contribution is -0.131. The Bertz CT molecular complexity index is 560. The van der Waals surface area contributed by atoms with Crippen LogP contribution in [-0.2, 0) is 4.79 Å². The Morgan fingerprint density at radius 3 is 2.65 bits per heavy atom. The van der Waals surface area contributed by atoms with Crippen molar-refractivity contribution >= 4 is 29.1 Å². The summed E-state index contributed by atoms with van der Waals surface area (Å²) in [6.45, 7) is 3.67. The highest BCUT2D eigenvalue weighted by atomic mass is 35.5. The monoisotopic (exact) mass is 314 g/mol. The molecule has 0 aliphatic carbocycles. The van der Waals surface area contributed by atoms with E-state index in [0.717, 1.165) is 13.1 Å². The smallest absolute Gasteiger partial charge is 0.223 e. The Morgan fingerprint density at radius 1 is 1.35 bits per heavy atom. The van der Waals surface area contributed by atoms with Crippen molar-refractivity contribution in [2.24, 2.45) is 0 Å². The number of benzene rings is 1. The van der Waals surface area contributed by atoms with Crippen LogP contribution in [0, 0.1) is 0 Å². The highest BCUT2D eigenvalue weighted by Gasteiger charge is 2.44. The summed E-state index contributed by atoms with van der Waals surface area (Å²) < 4.78 is 0. The number of hydrogen-bond acceptors (Lipinski definition) is 3. The van der Waals surface area contributed by atoms with Gasteiger partial charge in [-0.1, -0.05) is 23.2 Å². The second-order valence-electron chi connectivity index (χ2n) is 5.46. The molecule has 6 heteroatoms. The van der Waals surface area contributed by atoms with Crippen LogP contribution in [0.15, 0.2) is 12.1 Å². The van der Waals surface area contributed by atoms with Crippen molar-refractivity contribution in [2.45, 2.75) is 31.3 Å². The minimum atomic E-state index is -0.116. The number of phenolic OH excluding ortho intramolecular Hbond substituents is 1. The minimum absolute atomic E-state index is 0.0106. The molecule has 1 aromatic rings. The summed E-state index contributed by atoms with van der Waals surface area (Å²) in [6, 6.07) is 3.37. The first-order valence-electron chi connectivity index (χ1n) is 6.69. The van der Waals surface area contributed by atoms with Crippen molar-refractivity contribution in [3.63, 3.8) is 0 Å². The molecule has 2 atom stereocenters. The van der Waals surface area contributed by atoms with Crippen molar-refractivity contribution < 1.29 is 9.90 Å². The van der Waals surface area contributed by atoms with E-state index in [0.29, 0.717) is 22.0 Å². The van der Waals surface area contributed by atoms with Gasteiger partial charge in [-0.25, -0.2) is 0 Å². The highest BCUT2D eigenvalue weighted by molar-refractivity contribution is 6.42. The predicted molar refractivity (Wildman–Crippen MR) is 78.5 cm³/mol. The second-order valence-corrected chi connectivity index (χ2v) is 6.24. The van der Waals surface area contributed by atoms with Crippen LogP contribution >= 0.6 is 23.2 Å². The molecule has 0 aromatic heterocycles. The molecule has 2 fully saturated rings. The molecule has 2 N–H and O–H groups in total. The van der Waals surface area contributed by atoms with Gasteiger partial charge in [0, 0.05) is 37.0 Å². The summed E-state index contributed by atoms with van der Waals surface area (Å²) >= 11 is 12.3. The number of nitrogens with zero attached hydrogens (tertiary/aromatic N) is 1. The van der Waals surface area contributed by atoms with Crippen LogP contribution in [0.4, 0.5) is 0 Å². The molecule has 4 nitrogen and oxygen atoms in total. The summed E-state index contributed by atoms with van der Waals surface area (Å²) in [7, 11) is 0. The fraction of sp³-hybridized carbons (Fsp3) is 0.500. The fourth-order valence-corrected chi connectivity index (χ4v) is 3.61. The van der Waals surface area contributed by atoms with E-state index in [1.165, 1.54) is 6.07 Å². The maximum Gasteiger partial charge on any atom is 0.223 e. The van der Waals surface area contributed by atoms with Gasteiger partial charge in [0.1, 0.15) is 5.75 Å². The number of likely N-dealkylation sites (tertiary alicyclic amines) is 1. The second kappa shape index (κ2) is 5.10. The van der Waals surface area contributed by atoms with Crippen molar-refractivity contribution in [1.29, 1.82) is 0 Å². The summed E-state index contributed by atoms with van der Waals surface area (Å²) in [6.07, 6.45) is 0.366. The third kappa shape index (κ3) is 2.07. The Labute approximate surface area is 127 Å². The van der Waals surface area contributed by atoms with E-state index in [1.807, 2.05) is 11.8 Å². The first kappa shape index (κ1) is 14.0. The summed E-state index contributed by atoms with van der Waals surface area (Å²) in [5.41, 5.74) is 0.592. The van der Waals surface area contributed by atoms with Crippen LogP contribution in [0.25, 0.3) is 0 Å². The molecule has 2 saturated heterocycles. The summed E-state index contributed by atoms with van der Waals surface area (Å²) in [5.74, 6) is 0.108. The molecule has 3 rings (SSSR count). The molecule has 0 radical (unpaired) electrons. The van der Waals surface area contributed by atoms with E-state index in [9.17, 15) is 9.90 Å². The SMILES string of the molecule is CC1[C@@H](c2c(O)ccc(Cl)c2Cl)CC(=O)N1C1CNC1. The van der Waals surface area contributed by atoms with E-state index in [4.69, 9.17) is 23.2 Å². The molecular formula is C14H16Cl2N2O2. The lowest BCUT2D eigenvalue weighted by atomic mass is 9.91. The van der Waals surface area contributed by atoms with Gasteiger partial charge in [-0.05, 0) is 19.1 Å². The van der Waals surface area contributed by atoms with E-state index in [-0.39, 0.29) is 29.7 Å². The predicted octanol–water partition coefficient (Wildman–Crippen LogP) is 2.38. The molecule has 2 aliphatic rings. The Balaban J connectivity index is 1.95. The summed E-state index contributed by atoms with van der Waals surface area (Å²) in [5, 5.41) is 14.0. The fourth-order valence-electron chi connectivity index (χ4n) is 3.14. The quantitative estimate of drug-likeness (QED) is 0.881. The average Bonchev–Trinajstić information content (AvgIpc) is 2.61. The van der Waals surface area contributed by atoms with E-state index in [1.54, 1.807) is 6.07 Å². The zero-order valence-corrected chi connectivity index (χ0v) is 12.6. The first-order chi connectivity index (χ1) is 9.50. The highest BCUT2D eigenvalue weighted by Crippen LogP contribution is 2.45. The van der Waals surface area contributed by atoms with Crippen LogP contribution in [0.2, 0.25) is 10.0 Å². The van der Waals surface area contributed by atoms with Crippen LogP contribution in [0.3, 0.4) is 0 Å². The van der Waals surface area contributed by atoms with Gasteiger partial charge >= 0.3 is 0 Å². The van der Waals surface area contributed by atoms with Gasteiger partial charge in [0.25, 0.3) is 0 Å². The Kier molecular flexibility index (Phi) is 3.56. The average molecular weight is 315 g/mol. The third-order valence-electron chi connectivity index (χ3n) is 4.34. The standard InChI is InChI=1S/C14H16Cl2N2O2/c1-7-9(4-12(20)18(7)8-5-17-6-8)13-11(19)3-2-10(15)14(13)16/h2-3,7-9,17,19H,4-6H2,1H3/t7?,9-/m0/s1. The minimum Gasteiger partial charge on any atom is -0.508 e. The van der Waals surface area contributed by atoms with Gasteiger partial charge in [-0.3, -0.25) is 4.79 Å². The van der Waals surface area contributed by atoms with Gasteiger partial charge in [-0.15, -0.1) is 0 Å². The molecule has 2 heterocycles. The van der Waals surface area contributed by atoms with E-state index >= 15 is 0 Å². The number of halogens is 2. The number of rotatable bonds is 2. The van der Waals surface area contributed by atoms with Crippen LogP contribution in [-0.4, -0.2) is 41.1 Å². The van der Waals surface area contributed by atoms with Crippen molar-refractivity contribution in [1.82, 2.24) is 10.2 Å². The van der Waals surface area contributed by atoms with Crippen molar-refractivity contribution in [2.75, 3.05) is 13.1 Å². The molecule has 0 saturated carbocycles. The Morgan fingerprint density at radius 2 is 2.05 bits per heavy atom. The zero-order valence-electron chi connectivity index (χ0n) is 11.1. The molecular weight excluding hydrogens is 299 g/mol. The molecule has 1 aromatic carbocycles. The Hall–Kier alpha value is -0.970. The van der Waals surface area contributed by atoms with Gasteiger partial charge in [0.15, 0.2) is 0 Å². The molecule has 1 amide bonds. The van der Waals surface area contributed by atoms with Gasteiger partial charge < -0.3 is 15.3 Å². The van der Waals surface area contributed by atoms with Crippen LogP contribution in [0.1, 0.15) is 24.8 Å². The molecule has 0 spiro atoms. The topological polar surface area (TPSA) is 52.6 Å². The molecule has 2 aliphatic heterocycles. The zero-order chi connectivity index (χ0) is 14.4. The van der Waals surface area contributed by atoms with Gasteiger partial charge in [0.2, 0.25) is 5.91 Å². The number of nitrogens with one attached hydrogen (secondary N) is 1. The number of carbonyl (C=O) groups excluding carboxylic acids is 1. The van der Waals surface area contributed by atoms with Crippen molar-refractivity contribution in [3.8, 4) is 5.75 Å².